The van der Waals surface area contributed by atoms with Gasteiger partial charge in [-0.3, -0.25) is 4.98 Å². The molecular weight excluding hydrogens is 349 g/mol. The normalized spacial score (nSPS) is 10.8. The molecule has 0 radical (unpaired) electrons. The van der Waals surface area contributed by atoms with Crippen molar-refractivity contribution in [2.45, 2.75) is 13.5 Å². The average molecular weight is 362 g/mol. The van der Waals surface area contributed by atoms with Gasteiger partial charge in [0.05, 0.1) is 15.7 Å². The summed E-state index contributed by atoms with van der Waals surface area (Å²) in [6.07, 6.45) is 3.31. The summed E-state index contributed by atoms with van der Waals surface area (Å²) < 4.78 is 1.65. The fourth-order valence-corrected chi connectivity index (χ4v) is 2.85. The molecule has 0 unspecified atom stereocenters. The molecule has 122 valence electrons. The number of halogens is 2. The fourth-order valence-electron chi connectivity index (χ4n) is 2.53. The van der Waals surface area contributed by atoms with Crippen LogP contribution in [-0.4, -0.2) is 25.6 Å². The largest absolute Gasteiger partial charge is 0.477 e. The molecule has 5 nitrogen and oxygen atoms in total. The van der Waals surface area contributed by atoms with Crippen molar-refractivity contribution in [1.29, 1.82) is 0 Å². The summed E-state index contributed by atoms with van der Waals surface area (Å²) in [5.41, 5.74) is 2.16. The van der Waals surface area contributed by atoms with Gasteiger partial charge in [-0.1, -0.05) is 29.3 Å². The minimum Gasteiger partial charge on any atom is -0.477 e. The van der Waals surface area contributed by atoms with E-state index >= 15 is 0 Å². The molecule has 0 amide bonds. The molecule has 0 saturated carbocycles. The van der Waals surface area contributed by atoms with Crippen molar-refractivity contribution in [3.8, 4) is 11.4 Å². The second-order valence-corrected chi connectivity index (χ2v) is 6.07. The molecule has 0 atom stereocenters. The summed E-state index contributed by atoms with van der Waals surface area (Å²) in [6.45, 7) is 1.98. The number of aromatic carboxylic acids is 1. The molecule has 24 heavy (non-hydrogen) atoms. The number of rotatable bonds is 4. The number of hydrogen-bond donors (Lipinski definition) is 1. The Balaban J connectivity index is 2.13. The van der Waals surface area contributed by atoms with Crippen LogP contribution in [0.1, 0.15) is 21.7 Å². The molecule has 0 aliphatic heterocycles. The molecule has 1 N–H and O–H groups in total. The van der Waals surface area contributed by atoms with Crippen LogP contribution in [-0.2, 0) is 6.54 Å². The van der Waals surface area contributed by atoms with E-state index in [0.29, 0.717) is 28.1 Å². The molecule has 0 aliphatic carbocycles. The predicted octanol–water partition coefficient (Wildman–Crippen LogP) is 4.31. The van der Waals surface area contributed by atoms with E-state index in [0.717, 1.165) is 11.1 Å². The van der Waals surface area contributed by atoms with Gasteiger partial charge >= 0.3 is 5.97 Å². The van der Waals surface area contributed by atoms with Gasteiger partial charge in [0.1, 0.15) is 5.82 Å². The van der Waals surface area contributed by atoms with E-state index in [-0.39, 0.29) is 5.69 Å². The van der Waals surface area contributed by atoms with Crippen molar-refractivity contribution in [3.63, 3.8) is 0 Å². The molecular formula is C17H13Cl2N3O2. The van der Waals surface area contributed by atoms with E-state index < -0.39 is 5.97 Å². The Morgan fingerprint density at radius 2 is 2.04 bits per heavy atom. The van der Waals surface area contributed by atoms with Crippen LogP contribution in [0, 0.1) is 6.92 Å². The molecule has 0 fully saturated rings. The third-order valence-corrected chi connectivity index (χ3v) is 4.33. The topological polar surface area (TPSA) is 68.0 Å². The lowest BCUT2D eigenvalue weighted by Gasteiger charge is -2.11. The quantitative estimate of drug-likeness (QED) is 0.751. The summed E-state index contributed by atoms with van der Waals surface area (Å²) in [4.78, 5) is 20.2. The van der Waals surface area contributed by atoms with E-state index in [1.807, 2.05) is 12.1 Å². The Morgan fingerprint density at radius 1 is 1.25 bits per heavy atom. The van der Waals surface area contributed by atoms with Gasteiger partial charge in [-0.2, -0.15) is 0 Å². The molecule has 7 heteroatoms. The maximum atomic E-state index is 11.7. The van der Waals surface area contributed by atoms with Gasteiger partial charge in [-0.15, -0.1) is 0 Å². The van der Waals surface area contributed by atoms with Gasteiger partial charge in [0.15, 0.2) is 5.69 Å². The van der Waals surface area contributed by atoms with Crippen LogP contribution in [0.25, 0.3) is 11.4 Å². The number of aromatic nitrogens is 3. The third-order valence-electron chi connectivity index (χ3n) is 3.59. The number of benzene rings is 1. The van der Waals surface area contributed by atoms with Crippen molar-refractivity contribution in [1.82, 2.24) is 14.5 Å². The van der Waals surface area contributed by atoms with Crippen molar-refractivity contribution < 1.29 is 9.90 Å². The standard InChI is InChI=1S/C17H13Cl2N3O2/c1-10-15(17(23)24)22(9-11-4-5-13(18)14(19)7-11)16(21-10)12-3-2-6-20-8-12/h2-8H,9H2,1H3,(H,23,24). The Bertz CT molecular complexity index is 908. The number of carboxylic acid groups (broad SMARTS) is 1. The summed E-state index contributed by atoms with van der Waals surface area (Å²) in [6, 6.07) is 8.84. The predicted molar refractivity (Wildman–Crippen MR) is 92.7 cm³/mol. The van der Waals surface area contributed by atoms with E-state index in [9.17, 15) is 9.90 Å². The van der Waals surface area contributed by atoms with Crippen LogP contribution < -0.4 is 0 Å². The molecule has 0 bridgehead atoms. The third kappa shape index (κ3) is 3.13. The van der Waals surface area contributed by atoms with Crippen LogP contribution >= 0.6 is 23.2 Å². The first-order chi connectivity index (χ1) is 11.5. The van der Waals surface area contributed by atoms with Gasteiger partial charge < -0.3 is 9.67 Å². The molecule has 3 aromatic rings. The highest BCUT2D eigenvalue weighted by atomic mass is 35.5. The first-order valence-corrected chi connectivity index (χ1v) is 7.87. The highest BCUT2D eigenvalue weighted by Crippen LogP contribution is 2.26. The monoisotopic (exact) mass is 361 g/mol. The first kappa shape index (κ1) is 16.5. The lowest BCUT2D eigenvalue weighted by Crippen LogP contribution is -2.12. The lowest BCUT2D eigenvalue weighted by molar-refractivity contribution is 0.0685. The Morgan fingerprint density at radius 3 is 2.67 bits per heavy atom. The summed E-state index contributed by atoms with van der Waals surface area (Å²) in [5, 5.41) is 10.4. The molecule has 0 spiro atoms. The minimum absolute atomic E-state index is 0.139. The van der Waals surface area contributed by atoms with Crippen LogP contribution in [0.3, 0.4) is 0 Å². The smallest absolute Gasteiger partial charge is 0.354 e. The fraction of sp³-hybridized carbons (Fsp3) is 0.118. The SMILES string of the molecule is Cc1nc(-c2cccnc2)n(Cc2ccc(Cl)c(Cl)c2)c1C(=O)O. The molecule has 2 aromatic heterocycles. The van der Waals surface area contributed by atoms with Gasteiger partial charge in [-0.25, -0.2) is 9.78 Å². The molecule has 0 aliphatic rings. The number of hydrogen-bond acceptors (Lipinski definition) is 3. The second kappa shape index (κ2) is 6.63. The zero-order valence-electron chi connectivity index (χ0n) is 12.7. The maximum absolute atomic E-state index is 11.7. The van der Waals surface area contributed by atoms with Crippen molar-refractivity contribution in [3.05, 3.63) is 69.7 Å². The number of imidazole rings is 1. The van der Waals surface area contributed by atoms with Crippen LogP contribution in [0.15, 0.2) is 42.7 Å². The maximum Gasteiger partial charge on any atom is 0.354 e. The van der Waals surface area contributed by atoms with Crippen molar-refractivity contribution in [2.24, 2.45) is 0 Å². The van der Waals surface area contributed by atoms with E-state index in [4.69, 9.17) is 23.2 Å². The Hall–Kier alpha value is -2.37. The van der Waals surface area contributed by atoms with E-state index in [1.54, 1.807) is 42.1 Å². The van der Waals surface area contributed by atoms with Crippen molar-refractivity contribution >= 4 is 29.2 Å². The summed E-state index contributed by atoms with van der Waals surface area (Å²) >= 11 is 12.0. The molecule has 2 heterocycles. The van der Waals surface area contributed by atoms with Gasteiger partial charge in [0.25, 0.3) is 0 Å². The highest BCUT2D eigenvalue weighted by Gasteiger charge is 2.21. The first-order valence-electron chi connectivity index (χ1n) is 7.12. The van der Waals surface area contributed by atoms with Gasteiger partial charge in [0, 0.05) is 24.5 Å². The summed E-state index contributed by atoms with van der Waals surface area (Å²) in [7, 11) is 0. The van der Waals surface area contributed by atoms with Crippen LogP contribution in [0.5, 0.6) is 0 Å². The Labute approximate surface area is 148 Å². The van der Waals surface area contributed by atoms with E-state index in [2.05, 4.69) is 9.97 Å². The number of pyridine rings is 1. The van der Waals surface area contributed by atoms with Crippen molar-refractivity contribution in [2.75, 3.05) is 0 Å². The number of carboxylic acids is 1. The highest BCUT2D eigenvalue weighted by molar-refractivity contribution is 6.42. The summed E-state index contributed by atoms with van der Waals surface area (Å²) in [5.74, 6) is -0.487. The number of nitrogens with zero attached hydrogens (tertiary/aromatic N) is 3. The molecule has 0 saturated heterocycles. The minimum atomic E-state index is -1.03. The molecule has 3 rings (SSSR count). The van der Waals surface area contributed by atoms with E-state index in [1.165, 1.54) is 0 Å². The number of carbonyl (C=O) groups is 1. The lowest BCUT2D eigenvalue weighted by atomic mass is 10.2. The average Bonchev–Trinajstić information content (AvgIpc) is 2.88. The van der Waals surface area contributed by atoms with Crippen LogP contribution in [0.2, 0.25) is 10.0 Å². The van der Waals surface area contributed by atoms with Crippen LogP contribution in [0.4, 0.5) is 0 Å². The van der Waals surface area contributed by atoms with Gasteiger partial charge in [0.2, 0.25) is 0 Å². The Kier molecular flexibility index (Phi) is 4.55. The number of aryl methyl sites for hydroxylation is 1. The van der Waals surface area contributed by atoms with Gasteiger partial charge in [-0.05, 0) is 36.8 Å². The molecule has 1 aromatic carbocycles. The second-order valence-electron chi connectivity index (χ2n) is 5.25. The zero-order chi connectivity index (χ0) is 17.3. The zero-order valence-corrected chi connectivity index (χ0v) is 14.2.